The average Bonchev–Trinajstić information content (AvgIpc) is 2.03. The fourth-order valence-electron chi connectivity index (χ4n) is 1.07. The summed E-state index contributed by atoms with van der Waals surface area (Å²) < 4.78 is 1.02. The van der Waals surface area contributed by atoms with Gasteiger partial charge in [0.15, 0.2) is 0 Å². The lowest BCUT2D eigenvalue weighted by Crippen LogP contribution is -1.95. The monoisotopic (exact) mass is 226 g/mol. The molecule has 0 radical (unpaired) electrons. The summed E-state index contributed by atoms with van der Waals surface area (Å²) in [5, 5.41) is 0. The first kappa shape index (κ1) is 9.46. The van der Waals surface area contributed by atoms with Crippen LogP contribution >= 0.6 is 15.9 Å². The van der Waals surface area contributed by atoms with E-state index in [9.17, 15) is 4.79 Å². The van der Waals surface area contributed by atoms with Gasteiger partial charge in [0.1, 0.15) is 6.29 Å². The topological polar surface area (TPSA) is 17.1 Å². The van der Waals surface area contributed by atoms with Crippen LogP contribution in [0.4, 0.5) is 0 Å². The van der Waals surface area contributed by atoms with Crippen molar-refractivity contribution in [1.82, 2.24) is 0 Å². The second kappa shape index (κ2) is 3.85. The SMILES string of the molecule is Cc1ccc(C(C)C=O)c(Br)c1. The van der Waals surface area contributed by atoms with Gasteiger partial charge in [-0.2, -0.15) is 0 Å². The van der Waals surface area contributed by atoms with Crippen LogP contribution in [0.25, 0.3) is 0 Å². The first-order chi connectivity index (χ1) is 5.65. The number of benzene rings is 1. The molecule has 1 unspecified atom stereocenters. The highest BCUT2D eigenvalue weighted by molar-refractivity contribution is 9.10. The summed E-state index contributed by atoms with van der Waals surface area (Å²) in [4.78, 5) is 10.5. The van der Waals surface area contributed by atoms with Crippen molar-refractivity contribution in [3.05, 3.63) is 33.8 Å². The number of rotatable bonds is 2. The van der Waals surface area contributed by atoms with Crippen molar-refractivity contribution in [2.24, 2.45) is 0 Å². The second-order valence-corrected chi connectivity index (χ2v) is 3.80. The van der Waals surface area contributed by atoms with E-state index in [0.717, 1.165) is 16.3 Å². The van der Waals surface area contributed by atoms with Gasteiger partial charge in [0.05, 0.1) is 0 Å². The molecule has 0 spiro atoms. The van der Waals surface area contributed by atoms with Crippen molar-refractivity contribution in [1.29, 1.82) is 0 Å². The Balaban J connectivity index is 3.09. The Hall–Kier alpha value is -0.630. The Morgan fingerprint density at radius 2 is 2.17 bits per heavy atom. The van der Waals surface area contributed by atoms with Crippen LogP contribution in [-0.4, -0.2) is 6.29 Å². The molecule has 0 saturated heterocycles. The zero-order valence-corrected chi connectivity index (χ0v) is 8.76. The van der Waals surface area contributed by atoms with Crippen LogP contribution in [0.3, 0.4) is 0 Å². The van der Waals surface area contributed by atoms with Gasteiger partial charge in [-0.15, -0.1) is 0 Å². The number of aldehydes is 1. The van der Waals surface area contributed by atoms with Gasteiger partial charge >= 0.3 is 0 Å². The summed E-state index contributed by atoms with van der Waals surface area (Å²) >= 11 is 3.43. The predicted molar refractivity (Wildman–Crippen MR) is 53.4 cm³/mol. The lowest BCUT2D eigenvalue weighted by Gasteiger charge is -2.07. The molecule has 0 aliphatic heterocycles. The zero-order chi connectivity index (χ0) is 9.14. The molecule has 0 bridgehead atoms. The van der Waals surface area contributed by atoms with Crippen molar-refractivity contribution in [3.63, 3.8) is 0 Å². The minimum absolute atomic E-state index is 0.0278. The molecule has 0 aromatic heterocycles. The van der Waals surface area contributed by atoms with Gasteiger partial charge in [-0.25, -0.2) is 0 Å². The molecule has 0 N–H and O–H groups in total. The normalized spacial score (nSPS) is 12.6. The average molecular weight is 227 g/mol. The fraction of sp³-hybridized carbons (Fsp3) is 0.300. The third-order valence-corrected chi connectivity index (χ3v) is 2.54. The third kappa shape index (κ3) is 1.95. The molecule has 1 nitrogen and oxygen atoms in total. The number of carbonyl (C=O) groups is 1. The molecule has 12 heavy (non-hydrogen) atoms. The van der Waals surface area contributed by atoms with Crippen LogP contribution in [0.15, 0.2) is 22.7 Å². The maximum Gasteiger partial charge on any atom is 0.127 e. The van der Waals surface area contributed by atoms with E-state index in [0.29, 0.717) is 0 Å². The summed E-state index contributed by atoms with van der Waals surface area (Å²) in [7, 11) is 0. The van der Waals surface area contributed by atoms with E-state index < -0.39 is 0 Å². The Labute approximate surface area is 80.9 Å². The summed E-state index contributed by atoms with van der Waals surface area (Å²) in [6.07, 6.45) is 0.954. The molecular weight excluding hydrogens is 216 g/mol. The van der Waals surface area contributed by atoms with Crippen molar-refractivity contribution < 1.29 is 4.79 Å². The van der Waals surface area contributed by atoms with Gasteiger partial charge in [0.2, 0.25) is 0 Å². The minimum atomic E-state index is -0.0278. The lowest BCUT2D eigenvalue weighted by atomic mass is 10.0. The molecule has 0 saturated carbocycles. The van der Waals surface area contributed by atoms with Crippen molar-refractivity contribution in [2.45, 2.75) is 19.8 Å². The minimum Gasteiger partial charge on any atom is -0.303 e. The predicted octanol–water partition coefficient (Wildman–Crippen LogP) is 3.06. The molecule has 1 rings (SSSR count). The summed E-state index contributed by atoms with van der Waals surface area (Å²) in [6.45, 7) is 3.92. The third-order valence-electron chi connectivity index (χ3n) is 1.85. The van der Waals surface area contributed by atoms with Crippen LogP contribution < -0.4 is 0 Å². The Morgan fingerprint density at radius 3 is 2.67 bits per heavy atom. The van der Waals surface area contributed by atoms with E-state index in [1.165, 1.54) is 5.56 Å². The highest BCUT2D eigenvalue weighted by Gasteiger charge is 2.07. The maximum atomic E-state index is 10.5. The van der Waals surface area contributed by atoms with Crippen LogP contribution in [0.2, 0.25) is 0 Å². The van der Waals surface area contributed by atoms with E-state index in [4.69, 9.17) is 0 Å². The Bertz CT molecular complexity index is 294. The quantitative estimate of drug-likeness (QED) is 0.709. The summed E-state index contributed by atoms with van der Waals surface area (Å²) in [5.74, 6) is -0.0278. The molecule has 64 valence electrons. The maximum absolute atomic E-state index is 10.5. The fourth-order valence-corrected chi connectivity index (χ4v) is 1.93. The Kier molecular flexibility index (Phi) is 3.04. The standard InChI is InChI=1S/C10H11BrO/c1-7-3-4-9(8(2)6-12)10(11)5-7/h3-6,8H,1-2H3. The molecule has 1 aromatic rings. The summed E-state index contributed by atoms with van der Waals surface area (Å²) in [5.41, 5.74) is 2.25. The van der Waals surface area contributed by atoms with Gasteiger partial charge in [0.25, 0.3) is 0 Å². The zero-order valence-electron chi connectivity index (χ0n) is 7.17. The number of carbonyl (C=O) groups excluding carboxylic acids is 1. The lowest BCUT2D eigenvalue weighted by molar-refractivity contribution is -0.108. The van der Waals surface area contributed by atoms with Gasteiger partial charge in [-0.1, -0.05) is 35.0 Å². The molecule has 0 aliphatic carbocycles. The highest BCUT2D eigenvalue weighted by atomic mass is 79.9. The van der Waals surface area contributed by atoms with E-state index in [1.54, 1.807) is 0 Å². The van der Waals surface area contributed by atoms with Gasteiger partial charge < -0.3 is 4.79 Å². The molecule has 1 atom stereocenters. The second-order valence-electron chi connectivity index (χ2n) is 2.95. The first-order valence-electron chi connectivity index (χ1n) is 3.86. The van der Waals surface area contributed by atoms with Crippen LogP contribution in [0.1, 0.15) is 24.0 Å². The number of hydrogen-bond donors (Lipinski definition) is 0. The largest absolute Gasteiger partial charge is 0.303 e. The highest BCUT2D eigenvalue weighted by Crippen LogP contribution is 2.24. The van der Waals surface area contributed by atoms with E-state index in [2.05, 4.69) is 15.9 Å². The van der Waals surface area contributed by atoms with E-state index >= 15 is 0 Å². The van der Waals surface area contributed by atoms with E-state index in [1.807, 2.05) is 32.0 Å². The number of hydrogen-bond acceptors (Lipinski definition) is 1. The smallest absolute Gasteiger partial charge is 0.127 e. The van der Waals surface area contributed by atoms with E-state index in [-0.39, 0.29) is 5.92 Å². The van der Waals surface area contributed by atoms with Gasteiger partial charge in [-0.3, -0.25) is 0 Å². The van der Waals surface area contributed by atoms with Crippen molar-refractivity contribution >= 4 is 22.2 Å². The number of aryl methyl sites for hydroxylation is 1. The first-order valence-corrected chi connectivity index (χ1v) is 4.66. The van der Waals surface area contributed by atoms with Crippen molar-refractivity contribution in [3.8, 4) is 0 Å². The molecule has 1 aromatic carbocycles. The molecule has 0 aliphatic rings. The molecule has 2 heteroatoms. The van der Waals surface area contributed by atoms with Crippen LogP contribution in [0, 0.1) is 6.92 Å². The molecule has 0 heterocycles. The molecule has 0 fully saturated rings. The molecular formula is C10H11BrO. The van der Waals surface area contributed by atoms with Crippen LogP contribution in [-0.2, 0) is 4.79 Å². The van der Waals surface area contributed by atoms with Gasteiger partial charge in [0, 0.05) is 10.4 Å². The van der Waals surface area contributed by atoms with Gasteiger partial charge in [-0.05, 0) is 24.1 Å². The molecule has 0 amide bonds. The summed E-state index contributed by atoms with van der Waals surface area (Å²) in [6, 6.07) is 6.02. The van der Waals surface area contributed by atoms with Crippen molar-refractivity contribution in [2.75, 3.05) is 0 Å². The Morgan fingerprint density at radius 1 is 1.50 bits per heavy atom. The number of halogens is 1. The van der Waals surface area contributed by atoms with Crippen LogP contribution in [0.5, 0.6) is 0 Å².